The van der Waals surface area contributed by atoms with Crippen LogP contribution >= 0.6 is 0 Å². The molecule has 0 radical (unpaired) electrons. The highest BCUT2D eigenvalue weighted by Gasteiger charge is 2.26. The summed E-state index contributed by atoms with van der Waals surface area (Å²) in [5, 5.41) is 12.8. The molecule has 0 aromatic heterocycles. The zero-order chi connectivity index (χ0) is 20.9. The zero-order valence-corrected chi connectivity index (χ0v) is 15.8. The predicted molar refractivity (Wildman–Crippen MR) is 111 cm³/mol. The molecule has 0 unspecified atom stereocenters. The van der Waals surface area contributed by atoms with Gasteiger partial charge in [-0.15, -0.1) is 0 Å². The van der Waals surface area contributed by atoms with Crippen LogP contribution in [0.2, 0.25) is 0 Å². The smallest absolute Gasteiger partial charge is 0.368 e. The standard InChI is InChI=1S/C24H17NO5/c26-23(27)19-10-6-17(7-11-19)15-29-20-12-8-16(9-13-20)14-21-22(25-30-24(21)28)18-4-2-1-3-5-18/h1-14H,15H2,(H,26,27)/b21-14-. The minimum atomic E-state index is -0.959. The Labute approximate surface area is 172 Å². The van der Waals surface area contributed by atoms with Crippen molar-refractivity contribution < 1.29 is 24.3 Å². The van der Waals surface area contributed by atoms with Crippen LogP contribution in [0.15, 0.2) is 89.6 Å². The molecule has 30 heavy (non-hydrogen) atoms. The van der Waals surface area contributed by atoms with E-state index in [1.165, 1.54) is 0 Å². The summed E-state index contributed by atoms with van der Waals surface area (Å²) in [7, 11) is 0. The van der Waals surface area contributed by atoms with E-state index in [1.807, 2.05) is 42.5 Å². The Bertz CT molecular complexity index is 1130. The summed E-state index contributed by atoms with van der Waals surface area (Å²) in [6, 6.07) is 23.2. The molecule has 0 fully saturated rings. The third-order valence-electron chi connectivity index (χ3n) is 4.54. The Balaban J connectivity index is 1.45. The van der Waals surface area contributed by atoms with Crippen LogP contribution in [-0.2, 0) is 16.2 Å². The molecule has 0 amide bonds. The van der Waals surface area contributed by atoms with Gasteiger partial charge in [0.15, 0.2) is 0 Å². The summed E-state index contributed by atoms with van der Waals surface area (Å²) in [6.07, 6.45) is 1.73. The Morgan fingerprint density at radius 1 is 0.967 bits per heavy atom. The van der Waals surface area contributed by atoms with Crippen molar-refractivity contribution in [3.05, 3.63) is 107 Å². The van der Waals surface area contributed by atoms with Crippen LogP contribution in [0, 0.1) is 0 Å². The van der Waals surface area contributed by atoms with Gasteiger partial charge in [0.2, 0.25) is 0 Å². The zero-order valence-electron chi connectivity index (χ0n) is 15.8. The van der Waals surface area contributed by atoms with Gasteiger partial charge in [-0.25, -0.2) is 9.59 Å². The van der Waals surface area contributed by atoms with Crippen molar-refractivity contribution in [2.24, 2.45) is 5.16 Å². The first-order valence-electron chi connectivity index (χ1n) is 9.22. The van der Waals surface area contributed by atoms with Crippen molar-refractivity contribution in [1.82, 2.24) is 0 Å². The van der Waals surface area contributed by atoms with E-state index in [2.05, 4.69) is 5.16 Å². The number of nitrogens with zero attached hydrogens (tertiary/aromatic N) is 1. The molecule has 0 bridgehead atoms. The Morgan fingerprint density at radius 3 is 2.33 bits per heavy atom. The highest BCUT2D eigenvalue weighted by Crippen LogP contribution is 2.22. The first-order chi connectivity index (χ1) is 14.6. The SMILES string of the molecule is O=C1ON=C(c2ccccc2)/C1=C/c1ccc(OCc2ccc(C(=O)O)cc2)cc1. The molecule has 1 heterocycles. The number of ether oxygens (including phenoxy) is 1. The summed E-state index contributed by atoms with van der Waals surface area (Å²) in [5.41, 5.74) is 3.62. The minimum absolute atomic E-state index is 0.236. The van der Waals surface area contributed by atoms with Gasteiger partial charge in [0, 0.05) is 5.56 Å². The Morgan fingerprint density at radius 2 is 1.67 bits per heavy atom. The third kappa shape index (κ3) is 4.28. The fourth-order valence-electron chi connectivity index (χ4n) is 2.95. The fourth-order valence-corrected chi connectivity index (χ4v) is 2.95. The van der Waals surface area contributed by atoms with Crippen LogP contribution in [0.25, 0.3) is 6.08 Å². The lowest BCUT2D eigenvalue weighted by Gasteiger charge is -2.07. The van der Waals surface area contributed by atoms with E-state index in [9.17, 15) is 9.59 Å². The normalized spacial score (nSPS) is 14.3. The molecule has 0 aliphatic carbocycles. The molecule has 1 aliphatic rings. The average molecular weight is 399 g/mol. The van der Waals surface area contributed by atoms with Crippen LogP contribution in [0.4, 0.5) is 0 Å². The van der Waals surface area contributed by atoms with Crippen molar-refractivity contribution in [1.29, 1.82) is 0 Å². The van der Waals surface area contributed by atoms with Gasteiger partial charge in [0.1, 0.15) is 18.1 Å². The van der Waals surface area contributed by atoms with Gasteiger partial charge in [-0.05, 0) is 41.5 Å². The summed E-state index contributed by atoms with van der Waals surface area (Å²) in [5.74, 6) is -0.789. The van der Waals surface area contributed by atoms with E-state index in [-0.39, 0.29) is 5.56 Å². The highest BCUT2D eigenvalue weighted by molar-refractivity contribution is 6.31. The maximum Gasteiger partial charge on any atom is 0.368 e. The van der Waals surface area contributed by atoms with E-state index < -0.39 is 11.9 Å². The lowest BCUT2D eigenvalue weighted by atomic mass is 10.0. The van der Waals surface area contributed by atoms with Gasteiger partial charge in [0.25, 0.3) is 0 Å². The Hall–Kier alpha value is -4.19. The van der Waals surface area contributed by atoms with E-state index in [1.54, 1.807) is 42.5 Å². The third-order valence-corrected chi connectivity index (χ3v) is 4.54. The average Bonchev–Trinajstić information content (AvgIpc) is 3.14. The molecule has 0 atom stereocenters. The number of benzene rings is 3. The van der Waals surface area contributed by atoms with Gasteiger partial charge in [-0.2, -0.15) is 0 Å². The molecule has 6 nitrogen and oxygen atoms in total. The molecule has 3 aromatic carbocycles. The Kier molecular flexibility index (Phi) is 5.39. The van der Waals surface area contributed by atoms with Crippen molar-refractivity contribution in [3.63, 3.8) is 0 Å². The number of hydrogen-bond acceptors (Lipinski definition) is 5. The molecule has 1 aliphatic heterocycles. The van der Waals surface area contributed by atoms with E-state index in [0.717, 1.165) is 16.7 Å². The second-order valence-corrected chi connectivity index (χ2v) is 6.60. The highest BCUT2D eigenvalue weighted by atomic mass is 16.7. The van der Waals surface area contributed by atoms with Crippen LogP contribution in [0.1, 0.15) is 27.0 Å². The number of carbonyl (C=O) groups is 2. The molecule has 0 saturated carbocycles. The van der Waals surface area contributed by atoms with Crippen molar-refractivity contribution in [2.45, 2.75) is 6.61 Å². The summed E-state index contributed by atoms with van der Waals surface area (Å²) in [6.45, 7) is 0.317. The van der Waals surface area contributed by atoms with Gasteiger partial charge in [-0.1, -0.05) is 59.8 Å². The van der Waals surface area contributed by atoms with Gasteiger partial charge in [-0.3, -0.25) is 0 Å². The first-order valence-corrected chi connectivity index (χ1v) is 9.22. The molecule has 3 aromatic rings. The van der Waals surface area contributed by atoms with E-state index >= 15 is 0 Å². The minimum Gasteiger partial charge on any atom is -0.489 e. The number of carboxylic acids is 1. The van der Waals surface area contributed by atoms with Crippen molar-refractivity contribution >= 4 is 23.7 Å². The summed E-state index contributed by atoms with van der Waals surface area (Å²) < 4.78 is 5.75. The summed E-state index contributed by atoms with van der Waals surface area (Å²) in [4.78, 5) is 27.8. The second-order valence-electron chi connectivity index (χ2n) is 6.60. The lowest BCUT2D eigenvalue weighted by Crippen LogP contribution is -2.06. The number of carboxylic acid groups (broad SMARTS) is 1. The topological polar surface area (TPSA) is 85.2 Å². The molecule has 0 spiro atoms. The largest absolute Gasteiger partial charge is 0.489 e. The molecule has 6 heteroatoms. The fraction of sp³-hybridized carbons (Fsp3) is 0.0417. The molecular formula is C24H17NO5. The van der Waals surface area contributed by atoms with Crippen LogP contribution < -0.4 is 4.74 Å². The number of rotatable bonds is 6. The number of aromatic carboxylic acids is 1. The lowest BCUT2D eigenvalue weighted by molar-refractivity contribution is -0.136. The van der Waals surface area contributed by atoms with E-state index in [4.69, 9.17) is 14.7 Å². The molecule has 4 rings (SSSR count). The molecular weight excluding hydrogens is 382 g/mol. The van der Waals surface area contributed by atoms with Gasteiger partial charge < -0.3 is 14.7 Å². The quantitative estimate of drug-likeness (QED) is 0.493. The predicted octanol–water partition coefficient (Wildman–Crippen LogP) is 4.31. The monoisotopic (exact) mass is 399 g/mol. The number of carbonyl (C=O) groups excluding carboxylic acids is 1. The van der Waals surface area contributed by atoms with Crippen LogP contribution in [0.5, 0.6) is 5.75 Å². The van der Waals surface area contributed by atoms with Gasteiger partial charge >= 0.3 is 11.9 Å². The maximum absolute atomic E-state index is 12.1. The molecule has 1 N–H and O–H groups in total. The van der Waals surface area contributed by atoms with Crippen molar-refractivity contribution in [3.8, 4) is 5.75 Å². The number of oxime groups is 1. The second kappa shape index (κ2) is 8.45. The summed E-state index contributed by atoms with van der Waals surface area (Å²) >= 11 is 0. The maximum atomic E-state index is 12.1. The van der Waals surface area contributed by atoms with E-state index in [0.29, 0.717) is 23.6 Å². The van der Waals surface area contributed by atoms with Crippen LogP contribution in [-0.4, -0.2) is 22.8 Å². The molecule has 148 valence electrons. The molecule has 0 saturated heterocycles. The van der Waals surface area contributed by atoms with Crippen LogP contribution in [0.3, 0.4) is 0 Å². The number of hydrogen-bond donors (Lipinski definition) is 1. The van der Waals surface area contributed by atoms with Crippen molar-refractivity contribution in [2.75, 3.05) is 0 Å². The van der Waals surface area contributed by atoms with Gasteiger partial charge in [0.05, 0.1) is 11.1 Å². The first kappa shape index (κ1) is 19.1.